The number of hydrogen-bond acceptors (Lipinski definition) is 3. The van der Waals surface area contributed by atoms with Crippen LogP contribution in [-0.2, 0) is 15.1 Å². The van der Waals surface area contributed by atoms with Crippen LogP contribution in [0.5, 0.6) is 0 Å². The molecule has 0 saturated carbocycles. The summed E-state index contributed by atoms with van der Waals surface area (Å²) in [6.07, 6.45) is 0. The third-order valence-corrected chi connectivity index (χ3v) is 4.75. The minimum absolute atomic E-state index is 0.176. The standard InChI is InChI=1S/C21H27NO3/c1-4-22(5-2)17(3)16-25-20(23)21(24,18-12-8-6-9-13-18)19-14-10-7-11-15-19/h6-15,17,24H,4-5,16H2,1-3H3/p+1. The molecule has 0 amide bonds. The summed E-state index contributed by atoms with van der Waals surface area (Å²) in [6.45, 7) is 8.49. The van der Waals surface area contributed by atoms with Gasteiger partial charge in [-0.25, -0.2) is 4.79 Å². The van der Waals surface area contributed by atoms with E-state index >= 15 is 0 Å². The van der Waals surface area contributed by atoms with Crippen molar-refractivity contribution in [2.24, 2.45) is 0 Å². The number of nitrogens with one attached hydrogen (secondary N) is 1. The second kappa shape index (κ2) is 8.79. The van der Waals surface area contributed by atoms with Gasteiger partial charge < -0.3 is 14.7 Å². The lowest BCUT2D eigenvalue weighted by Gasteiger charge is -2.29. The van der Waals surface area contributed by atoms with Gasteiger partial charge in [0.2, 0.25) is 5.60 Å². The molecule has 0 heterocycles. The lowest BCUT2D eigenvalue weighted by molar-refractivity contribution is -0.920. The van der Waals surface area contributed by atoms with E-state index in [-0.39, 0.29) is 12.6 Å². The normalized spacial score (nSPS) is 12.8. The maximum Gasteiger partial charge on any atom is 0.347 e. The second-order valence-electron chi connectivity index (χ2n) is 6.31. The van der Waals surface area contributed by atoms with Gasteiger partial charge in [-0.1, -0.05) is 60.7 Å². The molecule has 0 saturated heterocycles. The Hall–Kier alpha value is -2.17. The van der Waals surface area contributed by atoms with Crippen molar-refractivity contribution in [3.8, 4) is 0 Å². The quantitative estimate of drug-likeness (QED) is 0.719. The minimum atomic E-state index is -1.80. The largest absolute Gasteiger partial charge is 0.457 e. The van der Waals surface area contributed by atoms with Crippen molar-refractivity contribution in [3.05, 3.63) is 71.8 Å². The highest BCUT2D eigenvalue weighted by molar-refractivity contribution is 5.85. The number of likely N-dealkylation sites (N-methyl/N-ethyl adjacent to an activating group) is 1. The van der Waals surface area contributed by atoms with Gasteiger partial charge in [-0.3, -0.25) is 0 Å². The van der Waals surface area contributed by atoms with Crippen molar-refractivity contribution in [1.82, 2.24) is 0 Å². The first kappa shape index (κ1) is 19.2. The van der Waals surface area contributed by atoms with Crippen LogP contribution >= 0.6 is 0 Å². The highest BCUT2D eigenvalue weighted by Crippen LogP contribution is 2.30. The molecular formula is C21H28NO3+. The molecule has 134 valence electrons. The fourth-order valence-electron chi connectivity index (χ4n) is 3.13. The van der Waals surface area contributed by atoms with E-state index in [1.165, 1.54) is 4.90 Å². The van der Waals surface area contributed by atoms with E-state index < -0.39 is 11.6 Å². The fourth-order valence-corrected chi connectivity index (χ4v) is 3.13. The number of carbonyl (C=O) groups is 1. The van der Waals surface area contributed by atoms with Gasteiger partial charge in [-0.2, -0.15) is 0 Å². The summed E-state index contributed by atoms with van der Waals surface area (Å²) < 4.78 is 5.55. The number of aliphatic hydroxyl groups is 1. The highest BCUT2D eigenvalue weighted by Gasteiger charge is 2.42. The van der Waals surface area contributed by atoms with Gasteiger partial charge in [0.15, 0.2) is 0 Å². The molecule has 0 spiro atoms. The Bertz CT molecular complexity index is 614. The molecule has 2 aromatic rings. The summed E-state index contributed by atoms with van der Waals surface area (Å²) in [4.78, 5) is 14.2. The van der Waals surface area contributed by atoms with Gasteiger partial charge in [0.05, 0.1) is 13.1 Å². The molecule has 1 atom stereocenters. The molecule has 0 aliphatic heterocycles. The Morgan fingerprint density at radius 1 is 1.00 bits per heavy atom. The van der Waals surface area contributed by atoms with Gasteiger partial charge in [-0.05, 0) is 31.9 Å². The SMILES string of the molecule is CC[NH+](CC)C(C)COC(=O)C(O)(c1ccccc1)c1ccccc1. The van der Waals surface area contributed by atoms with E-state index in [0.29, 0.717) is 11.1 Å². The molecule has 0 aliphatic carbocycles. The van der Waals surface area contributed by atoms with Gasteiger partial charge in [0.25, 0.3) is 0 Å². The van der Waals surface area contributed by atoms with Crippen LogP contribution in [-0.4, -0.2) is 36.8 Å². The zero-order chi connectivity index (χ0) is 18.3. The molecule has 4 nitrogen and oxygen atoms in total. The number of quaternary nitrogens is 1. The maximum atomic E-state index is 12.9. The van der Waals surface area contributed by atoms with Crippen LogP contribution in [0.25, 0.3) is 0 Å². The maximum absolute atomic E-state index is 12.9. The summed E-state index contributed by atoms with van der Waals surface area (Å²) in [5.74, 6) is -0.636. The van der Waals surface area contributed by atoms with Gasteiger partial charge >= 0.3 is 5.97 Å². The zero-order valence-corrected chi connectivity index (χ0v) is 15.2. The molecule has 0 radical (unpaired) electrons. The average Bonchev–Trinajstić information content (AvgIpc) is 2.67. The predicted octanol–water partition coefficient (Wildman–Crippen LogP) is 1.78. The number of rotatable bonds is 8. The van der Waals surface area contributed by atoms with Crippen LogP contribution in [0.1, 0.15) is 31.9 Å². The Morgan fingerprint density at radius 2 is 1.44 bits per heavy atom. The molecule has 25 heavy (non-hydrogen) atoms. The Balaban J connectivity index is 2.26. The van der Waals surface area contributed by atoms with Crippen molar-refractivity contribution in [2.75, 3.05) is 19.7 Å². The van der Waals surface area contributed by atoms with Gasteiger partial charge in [0.1, 0.15) is 12.6 Å². The molecule has 2 N–H and O–H groups in total. The van der Waals surface area contributed by atoms with Crippen LogP contribution in [0, 0.1) is 0 Å². The topological polar surface area (TPSA) is 51.0 Å². The van der Waals surface area contributed by atoms with E-state index in [0.717, 1.165) is 13.1 Å². The highest BCUT2D eigenvalue weighted by atomic mass is 16.6. The van der Waals surface area contributed by atoms with E-state index in [4.69, 9.17) is 4.74 Å². The number of esters is 1. The number of benzene rings is 2. The molecule has 0 bridgehead atoms. The average molecular weight is 342 g/mol. The van der Waals surface area contributed by atoms with Crippen molar-refractivity contribution in [1.29, 1.82) is 0 Å². The van der Waals surface area contributed by atoms with Crippen molar-refractivity contribution in [2.45, 2.75) is 32.4 Å². The first-order chi connectivity index (χ1) is 12.0. The third kappa shape index (κ3) is 4.27. The van der Waals surface area contributed by atoms with E-state index in [1.54, 1.807) is 48.5 Å². The molecular weight excluding hydrogens is 314 g/mol. The second-order valence-corrected chi connectivity index (χ2v) is 6.31. The summed E-state index contributed by atoms with van der Waals surface area (Å²) >= 11 is 0. The Kier molecular flexibility index (Phi) is 6.73. The van der Waals surface area contributed by atoms with Gasteiger partial charge in [-0.15, -0.1) is 0 Å². The number of ether oxygens (including phenoxy) is 1. The van der Waals surface area contributed by atoms with E-state index in [9.17, 15) is 9.90 Å². The van der Waals surface area contributed by atoms with E-state index in [1.807, 2.05) is 12.1 Å². The summed E-state index contributed by atoms with van der Waals surface area (Å²) in [5.41, 5.74) is -0.788. The summed E-state index contributed by atoms with van der Waals surface area (Å²) in [6, 6.07) is 18.1. The van der Waals surface area contributed by atoms with Crippen LogP contribution in [0.3, 0.4) is 0 Å². The van der Waals surface area contributed by atoms with Gasteiger partial charge in [0, 0.05) is 0 Å². The lowest BCUT2D eigenvalue weighted by atomic mass is 9.86. The van der Waals surface area contributed by atoms with Crippen LogP contribution in [0.4, 0.5) is 0 Å². The third-order valence-electron chi connectivity index (χ3n) is 4.75. The smallest absolute Gasteiger partial charge is 0.347 e. The van der Waals surface area contributed by atoms with Crippen LogP contribution in [0.2, 0.25) is 0 Å². The van der Waals surface area contributed by atoms with Crippen molar-refractivity contribution in [3.63, 3.8) is 0 Å². The first-order valence-corrected chi connectivity index (χ1v) is 8.89. The fraction of sp³-hybridized carbons (Fsp3) is 0.381. The zero-order valence-electron chi connectivity index (χ0n) is 15.2. The molecule has 1 unspecified atom stereocenters. The summed E-state index contributed by atoms with van der Waals surface area (Å²) in [5, 5.41) is 11.3. The number of carbonyl (C=O) groups excluding carboxylic acids is 1. The Morgan fingerprint density at radius 3 is 1.84 bits per heavy atom. The van der Waals surface area contributed by atoms with Crippen molar-refractivity contribution < 1.29 is 19.5 Å². The molecule has 0 fully saturated rings. The molecule has 4 heteroatoms. The van der Waals surface area contributed by atoms with Crippen molar-refractivity contribution >= 4 is 5.97 Å². The summed E-state index contributed by atoms with van der Waals surface area (Å²) in [7, 11) is 0. The Labute approximate surface area is 150 Å². The van der Waals surface area contributed by atoms with Crippen LogP contribution in [0.15, 0.2) is 60.7 Å². The lowest BCUT2D eigenvalue weighted by Crippen LogP contribution is -3.15. The molecule has 0 aromatic heterocycles. The predicted molar refractivity (Wildman–Crippen MR) is 98.3 cm³/mol. The molecule has 2 rings (SSSR count). The first-order valence-electron chi connectivity index (χ1n) is 8.89. The van der Waals surface area contributed by atoms with E-state index in [2.05, 4.69) is 20.8 Å². The minimum Gasteiger partial charge on any atom is -0.457 e. The molecule has 0 aliphatic rings. The number of hydrogen-bond donors (Lipinski definition) is 2. The van der Waals surface area contributed by atoms with Crippen LogP contribution < -0.4 is 4.90 Å². The monoisotopic (exact) mass is 342 g/mol. The molecule has 2 aromatic carbocycles.